The molecule has 10 nitrogen and oxygen atoms in total. The topological polar surface area (TPSA) is 137 Å². The van der Waals surface area contributed by atoms with Crippen LogP contribution in [0.3, 0.4) is 0 Å². The van der Waals surface area contributed by atoms with Gasteiger partial charge in [0.1, 0.15) is 18.0 Å². The summed E-state index contributed by atoms with van der Waals surface area (Å²) >= 11 is 0. The number of anilines is 1. The molecule has 3 rings (SSSR count). The van der Waals surface area contributed by atoms with Gasteiger partial charge in [0.25, 0.3) is 17.5 Å². The summed E-state index contributed by atoms with van der Waals surface area (Å²) in [6.07, 6.45) is 0. The third kappa shape index (κ3) is 6.39. The molecule has 174 valence electrons. The number of benzene rings is 3. The van der Waals surface area contributed by atoms with Crippen LogP contribution in [0.15, 0.2) is 72.8 Å². The lowest BCUT2D eigenvalue weighted by molar-refractivity contribution is -0.384. The number of nitrogens with zero attached hydrogens (tertiary/aromatic N) is 1. The number of nitro groups is 1. The van der Waals surface area contributed by atoms with Crippen LogP contribution in [0.25, 0.3) is 11.1 Å². The summed E-state index contributed by atoms with van der Waals surface area (Å²) in [5, 5.41) is 15.9. The monoisotopic (exact) mass is 463 g/mol. The molecule has 3 aromatic carbocycles. The van der Waals surface area contributed by atoms with Gasteiger partial charge in [-0.2, -0.15) is 0 Å². The standard InChI is InChI=1S/C24H21N3O7/c1-33-19-11-12-20(21(13-19)27(31)32)26-22(28)15-34-23(29)14-25-24(30)18-9-7-17(8-10-18)16-5-3-2-4-6-16/h2-13H,14-15H2,1H3,(H,25,30)(H,26,28). The Hall–Kier alpha value is -4.73. The molecular weight excluding hydrogens is 442 g/mol. The van der Waals surface area contributed by atoms with Crippen molar-refractivity contribution in [2.75, 3.05) is 25.6 Å². The van der Waals surface area contributed by atoms with Crippen LogP contribution in [0.1, 0.15) is 10.4 Å². The fraction of sp³-hybridized carbons (Fsp3) is 0.125. The highest BCUT2D eigenvalue weighted by Gasteiger charge is 2.18. The molecule has 2 amide bonds. The van der Waals surface area contributed by atoms with E-state index in [1.54, 1.807) is 24.3 Å². The highest BCUT2D eigenvalue weighted by Crippen LogP contribution is 2.28. The van der Waals surface area contributed by atoms with Gasteiger partial charge in [-0.15, -0.1) is 0 Å². The molecule has 0 spiro atoms. The van der Waals surface area contributed by atoms with Crippen molar-refractivity contribution in [3.8, 4) is 16.9 Å². The third-order valence-electron chi connectivity index (χ3n) is 4.69. The van der Waals surface area contributed by atoms with E-state index in [0.717, 1.165) is 17.2 Å². The molecule has 0 saturated carbocycles. The minimum atomic E-state index is -0.839. The zero-order chi connectivity index (χ0) is 24.5. The molecule has 3 aromatic rings. The summed E-state index contributed by atoms with van der Waals surface area (Å²) in [6, 6.07) is 20.4. The predicted molar refractivity (Wildman–Crippen MR) is 123 cm³/mol. The molecule has 0 aliphatic rings. The molecule has 0 aromatic heterocycles. The normalized spacial score (nSPS) is 10.1. The fourth-order valence-corrected chi connectivity index (χ4v) is 2.98. The van der Waals surface area contributed by atoms with Crippen molar-refractivity contribution in [2.24, 2.45) is 0 Å². The molecule has 0 saturated heterocycles. The lowest BCUT2D eigenvalue weighted by Crippen LogP contribution is -2.32. The van der Waals surface area contributed by atoms with Crippen molar-refractivity contribution in [3.05, 3.63) is 88.5 Å². The van der Waals surface area contributed by atoms with Crippen LogP contribution < -0.4 is 15.4 Å². The van der Waals surface area contributed by atoms with Gasteiger partial charge in [-0.3, -0.25) is 24.5 Å². The molecular formula is C24H21N3O7. The average Bonchev–Trinajstić information content (AvgIpc) is 2.86. The SMILES string of the molecule is COc1ccc(NC(=O)COC(=O)CNC(=O)c2ccc(-c3ccccc3)cc2)c([N+](=O)[O-])c1. The van der Waals surface area contributed by atoms with Gasteiger partial charge in [-0.05, 0) is 35.4 Å². The van der Waals surface area contributed by atoms with E-state index in [1.165, 1.54) is 19.2 Å². The van der Waals surface area contributed by atoms with Crippen LogP contribution in [0.5, 0.6) is 5.75 Å². The smallest absolute Gasteiger partial charge is 0.325 e. The van der Waals surface area contributed by atoms with Crippen molar-refractivity contribution in [3.63, 3.8) is 0 Å². The fourth-order valence-electron chi connectivity index (χ4n) is 2.98. The maximum Gasteiger partial charge on any atom is 0.325 e. The summed E-state index contributed by atoms with van der Waals surface area (Å²) in [7, 11) is 1.36. The number of ether oxygens (including phenoxy) is 2. The van der Waals surface area contributed by atoms with E-state index >= 15 is 0 Å². The van der Waals surface area contributed by atoms with E-state index in [0.29, 0.717) is 5.56 Å². The van der Waals surface area contributed by atoms with E-state index in [4.69, 9.17) is 9.47 Å². The van der Waals surface area contributed by atoms with Crippen LogP contribution >= 0.6 is 0 Å². The van der Waals surface area contributed by atoms with E-state index in [2.05, 4.69) is 10.6 Å². The molecule has 2 N–H and O–H groups in total. The highest BCUT2D eigenvalue weighted by atomic mass is 16.6. The van der Waals surface area contributed by atoms with Crippen molar-refractivity contribution in [1.82, 2.24) is 5.32 Å². The van der Waals surface area contributed by atoms with Crippen LogP contribution in [0.4, 0.5) is 11.4 Å². The minimum Gasteiger partial charge on any atom is -0.496 e. The molecule has 0 aliphatic heterocycles. The molecule has 0 heterocycles. The van der Waals surface area contributed by atoms with Crippen molar-refractivity contribution in [1.29, 1.82) is 0 Å². The number of hydrogen-bond acceptors (Lipinski definition) is 7. The van der Waals surface area contributed by atoms with Gasteiger partial charge < -0.3 is 20.1 Å². The highest BCUT2D eigenvalue weighted by molar-refractivity contribution is 5.97. The van der Waals surface area contributed by atoms with Gasteiger partial charge in [0, 0.05) is 5.56 Å². The van der Waals surface area contributed by atoms with E-state index in [-0.39, 0.29) is 17.1 Å². The third-order valence-corrected chi connectivity index (χ3v) is 4.69. The maximum atomic E-state index is 12.3. The number of carbonyl (C=O) groups excluding carboxylic acids is 3. The number of hydrogen-bond donors (Lipinski definition) is 2. The number of rotatable bonds is 9. The number of nitro benzene ring substituents is 1. The van der Waals surface area contributed by atoms with Gasteiger partial charge >= 0.3 is 5.97 Å². The lowest BCUT2D eigenvalue weighted by Gasteiger charge is -2.09. The molecule has 0 radical (unpaired) electrons. The van der Waals surface area contributed by atoms with Gasteiger partial charge in [-0.1, -0.05) is 42.5 Å². The number of amides is 2. The van der Waals surface area contributed by atoms with E-state index in [1.807, 2.05) is 30.3 Å². The number of carbonyl (C=O) groups is 3. The van der Waals surface area contributed by atoms with E-state index < -0.39 is 35.9 Å². The number of esters is 1. The second-order valence-corrected chi connectivity index (χ2v) is 6.98. The predicted octanol–water partition coefficient (Wildman–Crippen LogP) is 3.18. The minimum absolute atomic E-state index is 0.0703. The van der Waals surface area contributed by atoms with Crippen molar-refractivity contribution in [2.45, 2.75) is 0 Å². The van der Waals surface area contributed by atoms with Crippen LogP contribution in [-0.4, -0.2) is 43.0 Å². The Balaban J connectivity index is 1.47. The Morgan fingerprint density at radius 1 is 0.941 bits per heavy atom. The maximum absolute atomic E-state index is 12.3. The molecule has 0 bridgehead atoms. The summed E-state index contributed by atoms with van der Waals surface area (Å²) in [6.45, 7) is -1.13. The largest absolute Gasteiger partial charge is 0.496 e. The Labute approximate surface area is 194 Å². The summed E-state index contributed by atoms with van der Waals surface area (Å²) in [5.41, 5.74) is 1.87. The van der Waals surface area contributed by atoms with Crippen LogP contribution in [0, 0.1) is 10.1 Å². The first kappa shape index (κ1) is 23.9. The first-order chi connectivity index (χ1) is 16.4. The van der Waals surface area contributed by atoms with Crippen LogP contribution in [-0.2, 0) is 14.3 Å². The first-order valence-electron chi connectivity index (χ1n) is 10.1. The van der Waals surface area contributed by atoms with Gasteiger partial charge in [0.2, 0.25) is 0 Å². The summed E-state index contributed by atoms with van der Waals surface area (Å²) in [4.78, 5) is 46.7. The zero-order valence-electron chi connectivity index (χ0n) is 18.1. The van der Waals surface area contributed by atoms with E-state index in [9.17, 15) is 24.5 Å². The molecule has 0 fully saturated rings. The summed E-state index contributed by atoms with van der Waals surface area (Å²) < 4.78 is 9.75. The molecule has 10 heteroatoms. The Morgan fingerprint density at radius 2 is 1.62 bits per heavy atom. The second kappa shape index (κ2) is 11.2. The molecule has 0 atom stereocenters. The first-order valence-corrected chi connectivity index (χ1v) is 10.1. The summed E-state index contributed by atoms with van der Waals surface area (Å²) in [5.74, 6) is -1.84. The Morgan fingerprint density at radius 3 is 2.26 bits per heavy atom. The quantitative estimate of drug-likeness (QED) is 0.282. The van der Waals surface area contributed by atoms with Gasteiger partial charge in [0.15, 0.2) is 6.61 Å². The number of nitrogens with one attached hydrogen (secondary N) is 2. The second-order valence-electron chi connectivity index (χ2n) is 6.98. The number of methoxy groups -OCH3 is 1. The zero-order valence-corrected chi connectivity index (χ0v) is 18.1. The molecule has 0 unspecified atom stereocenters. The Kier molecular flexibility index (Phi) is 7.90. The Bertz CT molecular complexity index is 1190. The lowest BCUT2D eigenvalue weighted by atomic mass is 10.0. The molecule has 0 aliphatic carbocycles. The van der Waals surface area contributed by atoms with Crippen molar-refractivity contribution >= 4 is 29.2 Å². The van der Waals surface area contributed by atoms with Crippen molar-refractivity contribution < 1.29 is 28.8 Å². The van der Waals surface area contributed by atoms with Gasteiger partial charge in [0.05, 0.1) is 18.1 Å². The molecule has 34 heavy (non-hydrogen) atoms. The van der Waals surface area contributed by atoms with Gasteiger partial charge in [-0.25, -0.2) is 0 Å². The average molecular weight is 463 g/mol. The van der Waals surface area contributed by atoms with Crippen LogP contribution in [0.2, 0.25) is 0 Å².